The highest BCUT2D eigenvalue weighted by molar-refractivity contribution is 7.90. The van der Waals surface area contributed by atoms with Crippen LogP contribution in [0.1, 0.15) is 78.8 Å². The molecule has 1 aliphatic carbocycles. The largest absolute Gasteiger partial charge is 0.338 e. The summed E-state index contributed by atoms with van der Waals surface area (Å²) in [6.07, 6.45) is 5.59. The third-order valence-electron chi connectivity index (χ3n) is 10.6. The molecule has 12 heteroatoms. The second-order valence-corrected chi connectivity index (χ2v) is 15.6. The first-order chi connectivity index (χ1) is 21.5. The summed E-state index contributed by atoms with van der Waals surface area (Å²) in [5.74, 6) is -0.154. The quantitative estimate of drug-likeness (QED) is 0.452. The number of amides is 1. The van der Waals surface area contributed by atoms with Crippen molar-refractivity contribution in [1.82, 2.24) is 29.0 Å². The molecular formula is C33H44FN7O3S. The van der Waals surface area contributed by atoms with Crippen LogP contribution in [0.2, 0.25) is 0 Å². The zero-order valence-electron chi connectivity index (χ0n) is 26.5. The average molecular weight is 638 g/mol. The molecule has 1 aromatic carbocycles. The highest BCUT2D eigenvalue weighted by Gasteiger charge is 2.47. The molecular weight excluding hydrogens is 593 g/mol. The third kappa shape index (κ3) is 6.24. The lowest BCUT2D eigenvalue weighted by Gasteiger charge is -2.52. The number of hydrogen-bond donors (Lipinski definition) is 0. The molecule has 4 aliphatic rings. The van der Waals surface area contributed by atoms with Crippen LogP contribution in [-0.4, -0.2) is 106 Å². The van der Waals surface area contributed by atoms with E-state index in [-0.39, 0.29) is 35.0 Å². The van der Waals surface area contributed by atoms with Crippen molar-refractivity contribution in [1.29, 1.82) is 5.26 Å². The molecule has 2 aromatic rings. The van der Waals surface area contributed by atoms with Gasteiger partial charge in [0.1, 0.15) is 17.7 Å². The molecule has 0 bridgehead atoms. The van der Waals surface area contributed by atoms with Crippen molar-refractivity contribution in [2.24, 2.45) is 5.92 Å². The fraction of sp³-hybridized carbons (Fsp3) is 0.636. The third-order valence-corrected chi connectivity index (χ3v) is 13.0. The predicted molar refractivity (Wildman–Crippen MR) is 168 cm³/mol. The maximum Gasteiger partial charge on any atom is 0.257 e. The lowest BCUT2D eigenvalue weighted by Crippen LogP contribution is -2.63. The van der Waals surface area contributed by atoms with E-state index in [1.165, 1.54) is 12.4 Å². The van der Waals surface area contributed by atoms with Crippen LogP contribution in [-0.2, 0) is 10.0 Å². The molecule has 45 heavy (non-hydrogen) atoms. The normalized spacial score (nSPS) is 24.7. The van der Waals surface area contributed by atoms with Gasteiger partial charge in [0.2, 0.25) is 10.0 Å². The number of halogens is 1. The van der Waals surface area contributed by atoms with E-state index in [9.17, 15) is 22.9 Å². The molecule has 6 rings (SSSR count). The maximum absolute atomic E-state index is 14.5. The maximum atomic E-state index is 14.5. The second kappa shape index (κ2) is 12.7. The van der Waals surface area contributed by atoms with Crippen LogP contribution in [0.25, 0.3) is 0 Å². The Morgan fingerprint density at radius 1 is 1.02 bits per heavy atom. The minimum Gasteiger partial charge on any atom is -0.338 e. The molecule has 0 radical (unpaired) electrons. The molecule has 242 valence electrons. The number of piperazine rings is 1. The van der Waals surface area contributed by atoms with Gasteiger partial charge in [-0.2, -0.15) is 5.26 Å². The molecule has 1 amide bonds. The van der Waals surface area contributed by atoms with Gasteiger partial charge in [-0.25, -0.2) is 27.1 Å². The van der Waals surface area contributed by atoms with Crippen LogP contribution in [0, 0.1) is 36.9 Å². The van der Waals surface area contributed by atoms with E-state index >= 15 is 0 Å². The van der Waals surface area contributed by atoms with E-state index in [0.29, 0.717) is 69.1 Å². The minimum absolute atomic E-state index is 0.0410. The van der Waals surface area contributed by atoms with Crippen LogP contribution in [0.5, 0.6) is 0 Å². The number of carbonyl (C=O) groups excluding carboxylic acids is 1. The van der Waals surface area contributed by atoms with Crippen molar-refractivity contribution in [3.05, 3.63) is 58.9 Å². The average Bonchev–Trinajstić information content (AvgIpc) is 3.89. The molecule has 4 heterocycles. The van der Waals surface area contributed by atoms with Gasteiger partial charge >= 0.3 is 0 Å². The minimum atomic E-state index is -3.21. The lowest BCUT2D eigenvalue weighted by molar-refractivity contribution is -0.0295. The van der Waals surface area contributed by atoms with E-state index in [1.807, 2.05) is 24.8 Å². The summed E-state index contributed by atoms with van der Waals surface area (Å²) in [6.45, 7) is 9.90. The molecule has 2 atom stereocenters. The van der Waals surface area contributed by atoms with Gasteiger partial charge in [0.05, 0.1) is 28.3 Å². The number of sulfonamides is 1. The number of piperidine rings is 2. The SMILES string of the molecule is Cc1ncnc(C)c1C(=O)N1CCC(C#N)(N2CCN(C(c3cccc(F)c3)C3CCN(S(=O)(=O)C4CC4)CC3)[C@@H](C)C2)CC1. The highest BCUT2D eigenvalue weighted by Crippen LogP contribution is 2.41. The number of nitrogens with zero attached hydrogens (tertiary/aromatic N) is 7. The number of nitriles is 1. The molecule has 10 nitrogen and oxygen atoms in total. The van der Waals surface area contributed by atoms with Gasteiger partial charge in [-0.05, 0) is 82.9 Å². The summed E-state index contributed by atoms with van der Waals surface area (Å²) in [6, 6.07) is 9.54. The summed E-state index contributed by atoms with van der Waals surface area (Å²) < 4.78 is 42.0. The van der Waals surface area contributed by atoms with Crippen LogP contribution < -0.4 is 0 Å². The van der Waals surface area contributed by atoms with Crippen LogP contribution in [0.4, 0.5) is 4.39 Å². The number of likely N-dealkylation sites (tertiary alicyclic amines) is 1. The Kier molecular flexibility index (Phi) is 9.00. The van der Waals surface area contributed by atoms with Gasteiger partial charge in [-0.1, -0.05) is 12.1 Å². The highest BCUT2D eigenvalue weighted by atomic mass is 32.2. The van der Waals surface area contributed by atoms with Crippen LogP contribution >= 0.6 is 0 Å². The van der Waals surface area contributed by atoms with Gasteiger partial charge in [0.15, 0.2) is 0 Å². The summed E-state index contributed by atoms with van der Waals surface area (Å²) >= 11 is 0. The fourth-order valence-electron chi connectivity index (χ4n) is 7.86. The Balaban J connectivity index is 1.15. The molecule has 0 spiro atoms. The number of hydrogen-bond acceptors (Lipinski definition) is 8. The van der Waals surface area contributed by atoms with E-state index in [2.05, 4.69) is 32.8 Å². The first-order valence-electron chi connectivity index (χ1n) is 16.3. The van der Waals surface area contributed by atoms with Gasteiger partial charge in [0.25, 0.3) is 5.91 Å². The van der Waals surface area contributed by atoms with Crippen molar-refractivity contribution < 1.29 is 17.6 Å². The number of aryl methyl sites for hydroxylation is 2. The molecule has 1 aromatic heterocycles. The number of rotatable bonds is 7. The van der Waals surface area contributed by atoms with Gasteiger partial charge in [-0.3, -0.25) is 14.6 Å². The Morgan fingerprint density at radius 2 is 1.69 bits per heavy atom. The summed E-state index contributed by atoms with van der Waals surface area (Å²) in [7, 11) is -3.21. The topological polar surface area (TPSA) is 114 Å². The van der Waals surface area contributed by atoms with Crippen molar-refractivity contribution in [3.63, 3.8) is 0 Å². The van der Waals surface area contributed by atoms with E-state index < -0.39 is 15.6 Å². The zero-order valence-corrected chi connectivity index (χ0v) is 27.3. The smallest absolute Gasteiger partial charge is 0.257 e. The molecule has 0 N–H and O–H groups in total. The van der Waals surface area contributed by atoms with Crippen molar-refractivity contribution in [3.8, 4) is 6.07 Å². The van der Waals surface area contributed by atoms with Crippen LogP contribution in [0.15, 0.2) is 30.6 Å². The van der Waals surface area contributed by atoms with Gasteiger partial charge in [-0.15, -0.1) is 0 Å². The Labute approximate surface area is 266 Å². The summed E-state index contributed by atoms with van der Waals surface area (Å²) in [4.78, 5) is 28.4. The molecule has 3 aliphatic heterocycles. The standard InChI is InChI=1S/C33H44FN7O3S/c1-23-20-39(33(21-35)11-15-38(16-12-33)32(42)30-24(2)36-22-37-25(30)3)17-18-41(23)31(27-5-4-6-28(34)19-27)26-9-13-40(14-10-26)45(43,44)29-7-8-29/h4-6,19,22-23,26,29,31H,7-18,20H2,1-3H3/t23-,31?/m0/s1. The predicted octanol–water partition coefficient (Wildman–Crippen LogP) is 3.68. The van der Waals surface area contributed by atoms with E-state index in [0.717, 1.165) is 37.8 Å². The zero-order chi connectivity index (χ0) is 31.9. The first kappa shape index (κ1) is 32.0. The Hall–Kier alpha value is -2.98. The van der Waals surface area contributed by atoms with E-state index in [1.54, 1.807) is 16.4 Å². The van der Waals surface area contributed by atoms with Crippen molar-refractivity contribution >= 4 is 15.9 Å². The summed E-state index contributed by atoms with van der Waals surface area (Å²) in [5.41, 5.74) is 2.14. The van der Waals surface area contributed by atoms with Crippen LogP contribution in [0.3, 0.4) is 0 Å². The monoisotopic (exact) mass is 637 g/mol. The lowest BCUT2D eigenvalue weighted by atomic mass is 9.82. The number of aromatic nitrogens is 2. The molecule has 1 unspecified atom stereocenters. The summed E-state index contributed by atoms with van der Waals surface area (Å²) in [5, 5.41) is 10.3. The fourth-order valence-corrected chi connectivity index (χ4v) is 9.73. The first-order valence-corrected chi connectivity index (χ1v) is 17.8. The Morgan fingerprint density at radius 3 is 2.27 bits per heavy atom. The van der Waals surface area contributed by atoms with Crippen molar-refractivity contribution in [2.45, 2.75) is 82.2 Å². The number of carbonyl (C=O) groups is 1. The van der Waals surface area contributed by atoms with E-state index in [4.69, 9.17) is 0 Å². The molecule has 4 fully saturated rings. The molecule has 3 saturated heterocycles. The number of benzene rings is 1. The van der Waals surface area contributed by atoms with Crippen molar-refractivity contribution in [2.75, 3.05) is 45.8 Å². The second-order valence-electron chi connectivity index (χ2n) is 13.4. The Bertz CT molecular complexity index is 1540. The van der Waals surface area contributed by atoms with Gasteiger partial charge < -0.3 is 4.90 Å². The van der Waals surface area contributed by atoms with Gasteiger partial charge in [0, 0.05) is 57.9 Å². The molecule has 1 saturated carbocycles.